The molecule has 0 aromatic rings. The van der Waals surface area contributed by atoms with Crippen molar-refractivity contribution in [2.24, 2.45) is 5.92 Å². The van der Waals surface area contributed by atoms with Crippen LogP contribution in [0.4, 0.5) is 0 Å². The number of hydrogen-bond acceptors (Lipinski definition) is 2. The molecule has 2 nitrogen and oxygen atoms in total. The lowest BCUT2D eigenvalue weighted by Gasteiger charge is -2.20. The lowest BCUT2D eigenvalue weighted by atomic mass is 9.84. The van der Waals surface area contributed by atoms with Gasteiger partial charge in [-0.25, -0.2) is 0 Å². The van der Waals surface area contributed by atoms with E-state index in [0.29, 0.717) is 12.5 Å². The first-order valence-electron chi connectivity index (χ1n) is 6.19. The molecule has 0 spiro atoms. The molecule has 0 aromatic heterocycles. The van der Waals surface area contributed by atoms with Gasteiger partial charge in [-0.15, -0.1) is 0 Å². The van der Waals surface area contributed by atoms with Gasteiger partial charge in [-0.3, -0.25) is 4.79 Å². The van der Waals surface area contributed by atoms with Gasteiger partial charge in [0, 0.05) is 6.92 Å². The van der Waals surface area contributed by atoms with Gasteiger partial charge < -0.3 is 4.74 Å². The Hall–Kier alpha value is -1.49. The summed E-state index contributed by atoms with van der Waals surface area (Å²) in [5.74, 6) is 6.32. The monoisotopic (exact) mass is 232 g/mol. The SMILES string of the molecule is C=C(C#C/C=C\COC(C)=O)C1CCCCC1. The molecule has 0 saturated heterocycles. The fourth-order valence-corrected chi connectivity index (χ4v) is 1.96. The zero-order chi connectivity index (χ0) is 12.5. The first-order chi connectivity index (χ1) is 8.20. The Kier molecular flexibility index (Phi) is 6.17. The zero-order valence-electron chi connectivity index (χ0n) is 10.5. The predicted octanol–water partition coefficient (Wildman–Crippen LogP) is 3.25. The van der Waals surface area contributed by atoms with Crippen molar-refractivity contribution in [3.05, 3.63) is 24.3 Å². The van der Waals surface area contributed by atoms with Crippen LogP contribution in [0.2, 0.25) is 0 Å². The van der Waals surface area contributed by atoms with Crippen LogP contribution in [-0.4, -0.2) is 12.6 Å². The molecule has 1 aliphatic carbocycles. The third-order valence-electron chi connectivity index (χ3n) is 2.91. The van der Waals surface area contributed by atoms with Gasteiger partial charge in [0.05, 0.1) is 0 Å². The molecule has 0 N–H and O–H groups in total. The van der Waals surface area contributed by atoms with Gasteiger partial charge >= 0.3 is 5.97 Å². The van der Waals surface area contributed by atoms with Crippen LogP contribution in [0.3, 0.4) is 0 Å². The molecule has 1 fully saturated rings. The molecule has 0 amide bonds. The van der Waals surface area contributed by atoms with Gasteiger partial charge in [-0.05, 0) is 36.5 Å². The summed E-state index contributed by atoms with van der Waals surface area (Å²) in [6.07, 6.45) is 9.86. The normalized spacial score (nSPS) is 16.3. The van der Waals surface area contributed by atoms with Crippen LogP contribution in [0.5, 0.6) is 0 Å². The molecular formula is C15H20O2. The van der Waals surface area contributed by atoms with Crippen molar-refractivity contribution in [2.75, 3.05) is 6.61 Å². The van der Waals surface area contributed by atoms with Crippen molar-refractivity contribution in [2.45, 2.75) is 39.0 Å². The summed E-state index contributed by atoms with van der Waals surface area (Å²) in [4.78, 5) is 10.5. The van der Waals surface area contributed by atoms with E-state index in [1.54, 1.807) is 12.2 Å². The second-order valence-corrected chi connectivity index (χ2v) is 4.33. The van der Waals surface area contributed by atoms with E-state index in [4.69, 9.17) is 4.74 Å². The summed E-state index contributed by atoms with van der Waals surface area (Å²) in [6, 6.07) is 0. The van der Waals surface area contributed by atoms with Crippen molar-refractivity contribution < 1.29 is 9.53 Å². The summed E-state index contributed by atoms with van der Waals surface area (Å²) in [5, 5.41) is 0. The van der Waals surface area contributed by atoms with Crippen LogP contribution in [0.15, 0.2) is 24.3 Å². The molecule has 2 heteroatoms. The third kappa shape index (κ3) is 5.97. The molecule has 1 aliphatic rings. The van der Waals surface area contributed by atoms with Gasteiger partial charge in [0.2, 0.25) is 0 Å². The number of rotatable bonds is 3. The minimum Gasteiger partial charge on any atom is -0.462 e. The number of ether oxygens (including phenoxy) is 1. The van der Waals surface area contributed by atoms with Crippen LogP contribution in [-0.2, 0) is 9.53 Å². The average molecular weight is 232 g/mol. The van der Waals surface area contributed by atoms with Crippen LogP contribution in [0, 0.1) is 17.8 Å². The van der Waals surface area contributed by atoms with E-state index < -0.39 is 0 Å². The number of allylic oxidation sites excluding steroid dienone is 2. The minimum absolute atomic E-state index is 0.269. The largest absolute Gasteiger partial charge is 0.462 e. The van der Waals surface area contributed by atoms with E-state index >= 15 is 0 Å². The van der Waals surface area contributed by atoms with Crippen LogP contribution < -0.4 is 0 Å². The second kappa shape index (κ2) is 7.73. The Labute approximate surface area is 104 Å². The Morgan fingerprint density at radius 2 is 2.12 bits per heavy atom. The van der Waals surface area contributed by atoms with Gasteiger partial charge in [0.1, 0.15) is 6.61 Å². The lowest BCUT2D eigenvalue weighted by molar-refractivity contribution is -0.139. The molecule has 0 radical (unpaired) electrons. The van der Waals surface area contributed by atoms with E-state index in [9.17, 15) is 4.79 Å². The number of esters is 1. The summed E-state index contributed by atoms with van der Waals surface area (Å²) in [5.41, 5.74) is 1.04. The Morgan fingerprint density at radius 1 is 1.41 bits per heavy atom. The molecule has 0 atom stereocenters. The molecule has 17 heavy (non-hydrogen) atoms. The van der Waals surface area contributed by atoms with Crippen molar-refractivity contribution in [3.8, 4) is 11.8 Å². The highest BCUT2D eigenvalue weighted by atomic mass is 16.5. The van der Waals surface area contributed by atoms with Gasteiger partial charge in [0.15, 0.2) is 0 Å². The van der Waals surface area contributed by atoms with Crippen molar-refractivity contribution in [3.63, 3.8) is 0 Å². The van der Waals surface area contributed by atoms with Crippen molar-refractivity contribution in [1.29, 1.82) is 0 Å². The van der Waals surface area contributed by atoms with E-state index in [2.05, 4.69) is 18.4 Å². The average Bonchev–Trinajstić information content (AvgIpc) is 2.34. The molecule has 0 bridgehead atoms. The summed E-state index contributed by atoms with van der Waals surface area (Å²) >= 11 is 0. The Bertz CT molecular complexity index is 349. The molecule has 1 saturated carbocycles. The zero-order valence-corrected chi connectivity index (χ0v) is 10.5. The number of carbonyl (C=O) groups is 1. The maximum Gasteiger partial charge on any atom is 0.302 e. The lowest BCUT2D eigenvalue weighted by Crippen LogP contribution is -2.07. The quantitative estimate of drug-likeness (QED) is 0.551. The molecule has 0 aromatic carbocycles. The summed E-state index contributed by atoms with van der Waals surface area (Å²) in [7, 11) is 0. The van der Waals surface area contributed by atoms with Crippen molar-refractivity contribution in [1.82, 2.24) is 0 Å². The Balaban J connectivity index is 2.27. The van der Waals surface area contributed by atoms with Crippen molar-refractivity contribution >= 4 is 5.97 Å². The highest BCUT2D eigenvalue weighted by Crippen LogP contribution is 2.28. The fraction of sp³-hybridized carbons (Fsp3) is 0.533. The van der Waals surface area contributed by atoms with Gasteiger partial charge in [-0.1, -0.05) is 37.7 Å². The third-order valence-corrected chi connectivity index (χ3v) is 2.91. The smallest absolute Gasteiger partial charge is 0.302 e. The predicted molar refractivity (Wildman–Crippen MR) is 69.3 cm³/mol. The minimum atomic E-state index is -0.269. The maximum atomic E-state index is 10.5. The van der Waals surface area contributed by atoms with E-state index in [1.165, 1.54) is 39.0 Å². The molecule has 1 rings (SSSR count). The first kappa shape index (κ1) is 13.6. The Morgan fingerprint density at radius 3 is 2.76 bits per heavy atom. The number of hydrogen-bond donors (Lipinski definition) is 0. The molecule has 0 aliphatic heterocycles. The topological polar surface area (TPSA) is 26.3 Å². The van der Waals surface area contributed by atoms with Gasteiger partial charge in [-0.2, -0.15) is 0 Å². The number of carbonyl (C=O) groups excluding carboxylic acids is 1. The van der Waals surface area contributed by atoms with Crippen LogP contribution in [0.1, 0.15) is 39.0 Å². The van der Waals surface area contributed by atoms with Crippen LogP contribution in [0.25, 0.3) is 0 Å². The highest BCUT2D eigenvalue weighted by Gasteiger charge is 2.14. The molecule has 0 heterocycles. The van der Waals surface area contributed by atoms with E-state index in [0.717, 1.165) is 5.57 Å². The second-order valence-electron chi connectivity index (χ2n) is 4.33. The van der Waals surface area contributed by atoms with E-state index in [1.807, 2.05) is 0 Å². The first-order valence-corrected chi connectivity index (χ1v) is 6.19. The summed E-state index contributed by atoms with van der Waals surface area (Å²) < 4.78 is 4.75. The van der Waals surface area contributed by atoms with Gasteiger partial charge in [0.25, 0.3) is 0 Å². The molecule has 92 valence electrons. The standard InChI is InChI=1S/C15H20O2/c1-13(15-10-6-3-7-11-15)9-5-4-8-12-17-14(2)16/h4,8,15H,1,3,6-7,10-12H2,2H3/b8-4-. The molecular weight excluding hydrogens is 212 g/mol. The molecule has 0 unspecified atom stereocenters. The fourth-order valence-electron chi connectivity index (χ4n) is 1.96. The van der Waals surface area contributed by atoms with Crippen LogP contribution >= 0.6 is 0 Å². The van der Waals surface area contributed by atoms with E-state index in [-0.39, 0.29) is 5.97 Å². The maximum absolute atomic E-state index is 10.5. The highest BCUT2D eigenvalue weighted by molar-refractivity contribution is 5.66. The summed E-state index contributed by atoms with van der Waals surface area (Å²) in [6.45, 7) is 5.72.